The van der Waals surface area contributed by atoms with Gasteiger partial charge >= 0.3 is 0 Å². The summed E-state index contributed by atoms with van der Waals surface area (Å²) < 4.78 is 29.8. The van der Waals surface area contributed by atoms with Crippen molar-refractivity contribution >= 4 is 70.4 Å². The van der Waals surface area contributed by atoms with Crippen molar-refractivity contribution in [3.05, 3.63) is 313 Å². The molecule has 11 rings (SSSR count). The zero-order chi connectivity index (χ0) is 78.6. The van der Waals surface area contributed by atoms with Gasteiger partial charge in [0.1, 0.15) is 11.6 Å². The molecule has 9 aromatic carbocycles. The van der Waals surface area contributed by atoms with Crippen molar-refractivity contribution in [3.63, 3.8) is 0 Å². The molecule has 0 atom stereocenters. The molecular formula is C97H125BrClF2NS2. The third-order valence-electron chi connectivity index (χ3n) is 18.5. The van der Waals surface area contributed by atoms with Crippen LogP contribution in [0.25, 0.3) is 20.2 Å². The number of nitriles is 1. The van der Waals surface area contributed by atoms with E-state index < -0.39 is 0 Å². The van der Waals surface area contributed by atoms with Crippen molar-refractivity contribution in [2.75, 3.05) is 0 Å². The Balaban J connectivity index is 0.000000304. The predicted molar refractivity (Wildman–Crippen MR) is 465 cm³/mol. The first-order valence-corrected chi connectivity index (χ1v) is 40.3. The summed E-state index contributed by atoms with van der Waals surface area (Å²) >= 11 is 12.9. The molecule has 104 heavy (non-hydrogen) atoms. The number of benzene rings is 9. The van der Waals surface area contributed by atoms with Gasteiger partial charge in [-0.1, -0.05) is 237 Å². The molecule has 0 aliphatic heterocycles. The van der Waals surface area contributed by atoms with Crippen LogP contribution < -0.4 is 0 Å². The van der Waals surface area contributed by atoms with E-state index in [9.17, 15) is 8.78 Å². The average molecular weight is 1520 g/mol. The minimum atomic E-state index is -0.140. The van der Waals surface area contributed by atoms with E-state index in [-0.39, 0.29) is 11.6 Å². The van der Waals surface area contributed by atoms with Gasteiger partial charge in [-0.2, -0.15) is 5.26 Å². The number of aryl methyl sites for hydroxylation is 11. The number of rotatable bonds is 9. The van der Waals surface area contributed by atoms with Gasteiger partial charge in [-0.15, -0.1) is 22.7 Å². The molecule has 7 heteroatoms. The Morgan fingerprint density at radius 2 is 0.692 bits per heavy atom. The lowest BCUT2D eigenvalue weighted by atomic mass is 9.96. The Hall–Kier alpha value is -6.98. The van der Waals surface area contributed by atoms with Gasteiger partial charge in [-0.25, -0.2) is 8.78 Å². The fourth-order valence-electron chi connectivity index (χ4n) is 12.9. The van der Waals surface area contributed by atoms with Crippen LogP contribution in [0.3, 0.4) is 0 Å². The van der Waals surface area contributed by atoms with Crippen LogP contribution in [0.4, 0.5) is 8.78 Å². The van der Waals surface area contributed by atoms with Gasteiger partial charge in [-0.05, 0) is 342 Å². The standard InChI is InChI=1S/2C12H14S.C11H15F.C11H13N.C11H16.C10H13Br.C10H13Cl.C10H13F.C10H14/c1-8(2)11-7-10-4-5-13-12(10)6-9(11)3;1-8(2)11-7-12-10(4-5-13-12)6-9(11)3;1-7(2)10-6-11(12)9(4)5-8(10)3;1-8(2)11-5-4-10(7-12)6-9(11)3;1-8(2)11-6-5-9(3)7-10(11)4;2*1-7(2)10-5-4-9(11)6-8(10)3;1-7(2)10-6-9(11)5-4-8(10)3;1-8(2)10-7-5-4-6-9(10)3/h2*4-8H,1-3H3;5-7H,1-4H3;4-6,8H,1-3H3;5-8H,1-4H3;3*4-7H,1-3H3;4-8H,1-3H3. The molecule has 0 aliphatic carbocycles. The van der Waals surface area contributed by atoms with Crippen LogP contribution >= 0.6 is 50.2 Å². The summed E-state index contributed by atoms with van der Waals surface area (Å²) in [5, 5.41) is 16.6. The summed E-state index contributed by atoms with van der Waals surface area (Å²) in [4.78, 5) is 0. The van der Waals surface area contributed by atoms with Gasteiger partial charge in [0, 0.05) is 18.9 Å². The topological polar surface area (TPSA) is 23.8 Å². The van der Waals surface area contributed by atoms with Crippen LogP contribution in [-0.2, 0) is 0 Å². The number of hydrogen-bond acceptors (Lipinski definition) is 3. The molecule has 0 unspecified atom stereocenters. The second-order valence-corrected chi connectivity index (χ2v) is 33.8. The molecule has 0 saturated carbocycles. The highest BCUT2D eigenvalue weighted by molar-refractivity contribution is 9.10. The number of fused-ring (bicyclic) bond motifs is 2. The van der Waals surface area contributed by atoms with E-state index in [1.54, 1.807) is 19.1 Å². The van der Waals surface area contributed by atoms with Crippen molar-refractivity contribution in [2.45, 2.75) is 254 Å². The number of hydrogen-bond donors (Lipinski definition) is 0. The fraction of sp³-hybridized carbons (Fsp3) is 0.392. The largest absolute Gasteiger partial charge is 0.207 e. The van der Waals surface area contributed by atoms with E-state index in [0.717, 1.165) is 27.3 Å². The van der Waals surface area contributed by atoms with Crippen LogP contribution in [0.2, 0.25) is 5.02 Å². The molecule has 1 nitrogen and oxygen atoms in total. The van der Waals surface area contributed by atoms with Gasteiger partial charge in [0.15, 0.2) is 0 Å². The molecular weight excluding hydrogens is 1400 g/mol. The lowest BCUT2D eigenvalue weighted by Gasteiger charge is -2.10. The van der Waals surface area contributed by atoms with Crippen LogP contribution in [0.1, 0.15) is 295 Å². The smallest absolute Gasteiger partial charge is 0.126 e. The lowest BCUT2D eigenvalue weighted by molar-refractivity contribution is 0.613. The predicted octanol–water partition coefficient (Wildman–Crippen LogP) is 32.7. The van der Waals surface area contributed by atoms with Crippen LogP contribution in [0, 0.1) is 99.1 Å². The highest BCUT2D eigenvalue weighted by Crippen LogP contribution is 2.32. The average Bonchev–Trinajstić information content (AvgIpc) is 1.64. The van der Waals surface area contributed by atoms with Crippen molar-refractivity contribution in [3.8, 4) is 6.07 Å². The van der Waals surface area contributed by atoms with E-state index in [4.69, 9.17) is 16.9 Å². The van der Waals surface area contributed by atoms with E-state index in [0.29, 0.717) is 53.3 Å². The lowest BCUT2D eigenvalue weighted by Crippen LogP contribution is -1.95. The van der Waals surface area contributed by atoms with Crippen LogP contribution in [0.15, 0.2) is 179 Å². The maximum Gasteiger partial charge on any atom is 0.126 e. The molecule has 0 spiro atoms. The van der Waals surface area contributed by atoms with E-state index >= 15 is 0 Å². The summed E-state index contributed by atoms with van der Waals surface area (Å²) in [7, 11) is 0. The van der Waals surface area contributed by atoms with Crippen molar-refractivity contribution < 1.29 is 8.78 Å². The summed E-state index contributed by atoms with van der Waals surface area (Å²) in [6.07, 6.45) is 0. The van der Waals surface area contributed by atoms with Crippen LogP contribution in [-0.4, -0.2) is 0 Å². The van der Waals surface area contributed by atoms with Gasteiger partial charge in [0.25, 0.3) is 0 Å². The maximum absolute atomic E-state index is 13.1. The highest BCUT2D eigenvalue weighted by atomic mass is 79.9. The molecule has 0 amide bonds. The molecule has 0 aliphatic rings. The van der Waals surface area contributed by atoms with E-state index in [2.05, 4.69) is 316 Å². The summed E-state index contributed by atoms with van der Waals surface area (Å²) in [5.74, 6) is 4.90. The SMILES string of the molecule is Cc1cc(Br)ccc1C(C)C.Cc1cc(C#N)ccc1C(C)C.Cc1cc(C)c(C(C)C)cc1F.Cc1cc(Cl)ccc1C(C)C.Cc1cc2ccsc2cc1C(C)C.Cc1cc2sccc2cc1C(C)C.Cc1ccc(C(C)C)c(C)c1.Cc1ccc(F)cc1C(C)C.Cc1ccccc1C(C)C. The quantitative estimate of drug-likeness (QED) is 0.141. The van der Waals surface area contributed by atoms with Gasteiger partial charge in [0.05, 0.1) is 11.6 Å². The molecule has 0 bridgehead atoms. The molecule has 0 N–H and O–H groups in total. The normalized spacial score (nSPS) is 10.7. The third kappa shape index (κ3) is 30.1. The van der Waals surface area contributed by atoms with Gasteiger partial charge in [-0.3, -0.25) is 0 Å². The highest BCUT2D eigenvalue weighted by Gasteiger charge is 2.11. The second-order valence-electron chi connectivity index (χ2n) is 30.6. The first-order chi connectivity index (χ1) is 48.7. The van der Waals surface area contributed by atoms with Gasteiger partial charge in [0.2, 0.25) is 0 Å². The Bertz CT molecular complexity index is 4250. The second kappa shape index (κ2) is 44.9. The minimum Gasteiger partial charge on any atom is -0.207 e. The van der Waals surface area contributed by atoms with Crippen molar-refractivity contribution in [2.24, 2.45) is 0 Å². The Labute approximate surface area is 652 Å². The number of nitrogens with zero attached hydrogens (tertiary/aromatic N) is 1. The number of halogens is 4. The zero-order valence-corrected chi connectivity index (χ0v) is 72.7. The molecule has 0 fully saturated rings. The van der Waals surface area contributed by atoms with Crippen LogP contribution in [0.5, 0.6) is 0 Å². The molecule has 11 aromatic rings. The monoisotopic (exact) mass is 1520 g/mol. The van der Waals surface area contributed by atoms with Gasteiger partial charge < -0.3 is 0 Å². The Morgan fingerprint density at radius 1 is 0.317 bits per heavy atom. The maximum atomic E-state index is 13.1. The molecule has 558 valence electrons. The molecule has 0 saturated heterocycles. The molecule has 2 heterocycles. The fourth-order valence-corrected chi connectivity index (χ4v) is 15.3. The summed E-state index contributed by atoms with van der Waals surface area (Å²) in [6, 6.07) is 57.8. The minimum absolute atomic E-state index is 0.0932. The molecule has 0 radical (unpaired) electrons. The number of thiophene rings is 2. The van der Waals surface area contributed by atoms with Crippen molar-refractivity contribution in [1.29, 1.82) is 5.26 Å². The third-order valence-corrected chi connectivity index (χ3v) is 21.0. The van der Waals surface area contributed by atoms with E-state index in [1.807, 2.05) is 79.0 Å². The summed E-state index contributed by atoms with van der Waals surface area (Å²) in [5.41, 5.74) is 27.0. The Morgan fingerprint density at radius 3 is 1.14 bits per heavy atom. The van der Waals surface area contributed by atoms with Crippen molar-refractivity contribution in [1.82, 2.24) is 0 Å². The summed E-state index contributed by atoms with van der Waals surface area (Å²) in [6.45, 7) is 62.4. The zero-order valence-electron chi connectivity index (χ0n) is 68.7. The Kier molecular flexibility index (Phi) is 39.3. The first-order valence-electron chi connectivity index (χ1n) is 37.3. The molecule has 2 aromatic heterocycles. The first kappa shape index (κ1) is 91.2. The van der Waals surface area contributed by atoms with E-state index in [1.165, 1.54) is 125 Å².